The summed E-state index contributed by atoms with van der Waals surface area (Å²) in [4.78, 5) is 15.4. The lowest BCUT2D eigenvalue weighted by atomic mass is 10.2. The van der Waals surface area contributed by atoms with E-state index in [1.165, 1.54) is 0 Å². The van der Waals surface area contributed by atoms with Crippen LogP contribution in [-0.2, 0) is 13.1 Å². The molecule has 0 saturated carbocycles. The molecule has 0 atom stereocenters. The number of nitrogens with zero attached hydrogens (tertiary/aromatic N) is 5. The van der Waals surface area contributed by atoms with Gasteiger partial charge in [0.25, 0.3) is 0 Å². The van der Waals surface area contributed by atoms with Crippen LogP contribution in [0.15, 0.2) is 18.5 Å². The van der Waals surface area contributed by atoms with E-state index in [0.29, 0.717) is 5.15 Å². The summed E-state index contributed by atoms with van der Waals surface area (Å²) < 4.78 is 2.17. The lowest BCUT2D eigenvalue weighted by Crippen LogP contribution is -2.34. The van der Waals surface area contributed by atoms with Crippen molar-refractivity contribution in [3.63, 3.8) is 0 Å². The highest BCUT2D eigenvalue weighted by atomic mass is 35.5. The molecule has 1 aliphatic rings. The molecule has 0 amide bonds. The maximum Gasteiger partial charge on any atom is 0.135 e. The van der Waals surface area contributed by atoms with E-state index in [1.54, 1.807) is 0 Å². The molecule has 3 heterocycles. The summed E-state index contributed by atoms with van der Waals surface area (Å²) in [7, 11) is 0. The summed E-state index contributed by atoms with van der Waals surface area (Å²) >= 11 is 6.09. The average molecular weight is 278 g/mol. The number of hydrogen-bond acceptors (Lipinski definition) is 4. The molecule has 0 bridgehead atoms. The Balaban J connectivity index is 1.91. The van der Waals surface area contributed by atoms with E-state index in [0.717, 1.165) is 37.1 Å². The summed E-state index contributed by atoms with van der Waals surface area (Å²) in [6.07, 6.45) is 3.85. The first-order valence-corrected chi connectivity index (χ1v) is 6.80. The summed E-state index contributed by atoms with van der Waals surface area (Å²) in [5, 5.41) is 0.502. The molecule has 19 heavy (non-hydrogen) atoms. The van der Waals surface area contributed by atoms with Crippen molar-refractivity contribution in [2.75, 3.05) is 11.4 Å². The molecule has 0 radical (unpaired) electrons. The van der Waals surface area contributed by atoms with Crippen LogP contribution in [0, 0.1) is 0 Å². The normalized spacial score (nSPS) is 14.8. The van der Waals surface area contributed by atoms with E-state index in [4.69, 9.17) is 11.6 Å². The second kappa shape index (κ2) is 4.81. The van der Waals surface area contributed by atoms with Gasteiger partial charge >= 0.3 is 0 Å². The van der Waals surface area contributed by atoms with E-state index >= 15 is 0 Å². The third-order valence-corrected chi connectivity index (χ3v) is 3.48. The van der Waals surface area contributed by atoms with Crippen molar-refractivity contribution in [2.24, 2.45) is 0 Å². The summed E-state index contributed by atoms with van der Waals surface area (Å²) in [6, 6.07) is 1.83. The van der Waals surface area contributed by atoms with Crippen molar-refractivity contribution in [3.05, 3.63) is 35.3 Å². The molecule has 0 fully saturated rings. The van der Waals surface area contributed by atoms with Gasteiger partial charge < -0.3 is 9.47 Å². The predicted octanol–water partition coefficient (Wildman–Crippen LogP) is 2.47. The van der Waals surface area contributed by atoms with Gasteiger partial charge in [-0.3, -0.25) is 0 Å². The smallest absolute Gasteiger partial charge is 0.135 e. The fourth-order valence-electron chi connectivity index (χ4n) is 2.21. The van der Waals surface area contributed by atoms with Gasteiger partial charge in [-0.15, -0.1) is 0 Å². The second-order valence-corrected chi connectivity index (χ2v) is 5.41. The van der Waals surface area contributed by atoms with Crippen LogP contribution in [0.25, 0.3) is 0 Å². The SMILES string of the molecule is CC(C)c1nc(Cl)cc(N2CCn3ccnc3C2)n1. The first kappa shape index (κ1) is 12.4. The fourth-order valence-corrected chi connectivity index (χ4v) is 2.40. The second-order valence-electron chi connectivity index (χ2n) is 5.02. The predicted molar refractivity (Wildman–Crippen MR) is 74.4 cm³/mol. The van der Waals surface area contributed by atoms with Gasteiger partial charge in [0.05, 0.1) is 6.54 Å². The van der Waals surface area contributed by atoms with Gasteiger partial charge in [0.1, 0.15) is 22.6 Å². The van der Waals surface area contributed by atoms with E-state index in [-0.39, 0.29) is 5.92 Å². The van der Waals surface area contributed by atoms with E-state index < -0.39 is 0 Å². The zero-order valence-corrected chi connectivity index (χ0v) is 11.8. The lowest BCUT2D eigenvalue weighted by Gasteiger charge is -2.29. The zero-order valence-electron chi connectivity index (χ0n) is 11.0. The third-order valence-electron chi connectivity index (χ3n) is 3.28. The van der Waals surface area contributed by atoms with Crippen molar-refractivity contribution < 1.29 is 0 Å². The fraction of sp³-hybridized carbons (Fsp3) is 0.462. The van der Waals surface area contributed by atoms with Crippen molar-refractivity contribution in [3.8, 4) is 0 Å². The first-order valence-electron chi connectivity index (χ1n) is 6.43. The average Bonchev–Trinajstić information content (AvgIpc) is 2.85. The molecule has 0 N–H and O–H groups in total. The Morgan fingerprint density at radius 1 is 1.26 bits per heavy atom. The molecular formula is C13H16ClN5. The number of aromatic nitrogens is 4. The van der Waals surface area contributed by atoms with Gasteiger partial charge in [-0.05, 0) is 0 Å². The number of rotatable bonds is 2. The first-order chi connectivity index (χ1) is 9.13. The van der Waals surface area contributed by atoms with Crippen LogP contribution in [0.1, 0.15) is 31.4 Å². The highest BCUT2D eigenvalue weighted by Crippen LogP contribution is 2.23. The number of halogens is 1. The van der Waals surface area contributed by atoms with Gasteiger partial charge in [-0.2, -0.15) is 0 Å². The van der Waals surface area contributed by atoms with Crippen molar-refractivity contribution in [2.45, 2.75) is 32.9 Å². The Morgan fingerprint density at radius 2 is 2.11 bits per heavy atom. The minimum Gasteiger partial charge on any atom is -0.347 e. The standard InChI is InChI=1S/C13H16ClN5/c1-9(2)13-16-10(14)7-11(17-13)19-6-5-18-4-3-15-12(18)8-19/h3-4,7,9H,5-6,8H2,1-2H3. The van der Waals surface area contributed by atoms with Crippen LogP contribution in [0.4, 0.5) is 5.82 Å². The van der Waals surface area contributed by atoms with Crippen LogP contribution >= 0.6 is 11.6 Å². The minimum absolute atomic E-state index is 0.268. The van der Waals surface area contributed by atoms with E-state index in [9.17, 15) is 0 Å². The Labute approximate surface area is 117 Å². The number of imidazole rings is 1. The van der Waals surface area contributed by atoms with Crippen LogP contribution in [-0.4, -0.2) is 26.1 Å². The molecule has 2 aromatic rings. The van der Waals surface area contributed by atoms with Crippen LogP contribution in [0.3, 0.4) is 0 Å². The molecule has 5 nitrogen and oxygen atoms in total. The van der Waals surface area contributed by atoms with E-state index in [1.807, 2.05) is 18.5 Å². The zero-order chi connectivity index (χ0) is 13.4. The van der Waals surface area contributed by atoms with E-state index in [2.05, 4.69) is 38.3 Å². The van der Waals surface area contributed by atoms with Crippen LogP contribution in [0.2, 0.25) is 5.15 Å². The monoisotopic (exact) mass is 277 g/mol. The highest BCUT2D eigenvalue weighted by molar-refractivity contribution is 6.29. The molecule has 0 aromatic carbocycles. The Kier molecular flexibility index (Phi) is 3.14. The Morgan fingerprint density at radius 3 is 2.89 bits per heavy atom. The highest BCUT2D eigenvalue weighted by Gasteiger charge is 2.19. The van der Waals surface area contributed by atoms with Gasteiger partial charge in [-0.1, -0.05) is 25.4 Å². The number of hydrogen-bond donors (Lipinski definition) is 0. The molecule has 0 spiro atoms. The summed E-state index contributed by atoms with van der Waals surface area (Å²) in [6.45, 7) is 6.73. The largest absolute Gasteiger partial charge is 0.347 e. The third kappa shape index (κ3) is 2.42. The number of anilines is 1. The van der Waals surface area contributed by atoms with Crippen molar-refractivity contribution >= 4 is 17.4 Å². The molecule has 6 heteroatoms. The van der Waals surface area contributed by atoms with Gasteiger partial charge in [0.2, 0.25) is 0 Å². The molecule has 2 aromatic heterocycles. The topological polar surface area (TPSA) is 46.8 Å². The van der Waals surface area contributed by atoms with Crippen LogP contribution < -0.4 is 4.90 Å². The van der Waals surface area contributed by atoms with Gasteiger partial charge in [0, 0.05) is 37.5 Å². The molecule has 100 valence electrons. The van der Waals surface area contributed by atoms with Crippen molar-refractivity contribution in [1.82, 2.24) is 19.5 Å². The summed E-state index contributed by atoms with van der Waals surface area (Å²) in [5.41, 5.74) is 0. The van der Waals surface area contributed by atoms with Gasteiger partial charge in [0.15, 0.2) is 0 Å². The Bertz CT molecular complexity index is 592. The molecular weight excluding hydrogens is 262 g/mol. The van der Waals surface area contributed by atoms with Gasteiger partial charge in [-0.25, -0.2) is 15.0 Å². The lowest BCUT2D eigenvalue weighted by molar-refractivity contribution is 0.554. The maximum atomic E-state index is 6.09. The maximum absolute atomic E-state index is 6.09. The Hall–Kier alpha value is -1.62. The number of fused-ring (bicyclic) bond motifs is 1. The molecule has 1 aliphatic heterocycles. The summed E-state index contributed by atoms with van der Waals surface area (Å²) in [5.74, 6) is 3.01. The quantitative estimate of drug-likeness (QED) is 0.791. The molecule has 0 saturated heterocycles. The van der Waals surface area contributed by atoms with Crippen molar-refractivity contribution in [1.29, 1.82) is 0 Å². The molecule has 0 unspecified atom stereocenters. The minimum atomic E-state index is 0.268. The van der Waals surface area contributed by atoms with Crippen LogP contribution in [0.5, 0.6) is 0 Å². The molecule has 0 aliphatic carbocycles. The molecule has 3 rings (SSSR count).